The van der Waals surface area contributed by atoms with E-state index >= 15 is 0 Å². The Morgan fingerprint density at radius 2 is 2.20 bits per heavy atom. The molecule has 2 rings (SSSR count). The minimum atomic E-state index is -0.181. The summed E-state index contributed by atoms with van der Waals surface area (Å²) in [7, 11) is 1.44. The summed E-state index contributed by atoms with van der Waals surface area (Å²) < 4.78 is 4.69. The number of nitrogens with one attached hydrogen (secondary N) is 1. The highest BCUT2D eigenvalue weighted by Crippen LogP contribution is 2.29. The molecule has 15 heavy (non-hydrogen) atoms. The van der Waals surface area contributed by atoms with Gasteiger partial charge in [-0.3, -0.25) is 9.69 Å². The van der Waals surface area contributed by atoms with Gasteiger partial charge in [-0.1, -0.05) is 0 Å². The molecule has 4 heteroatoms. The molecule has 86 valence electrons. The number of ether oxygens (including phenoxy) is 1. The van der Waals surface area contributed by atoms with E-state index < -0.39 is 0 Å². The van der Waals surface area contributed by atoms with Crippen molar-refractivity contribution in [3.63, 3.8) is 0 Å². The van der Waals surface area contributed by atoms with Crippen molar-refractivity contribution in [1.82, 2.24) is 10.2 Å². The van der Waals surface area contributed by atoms with Crippen molar-refractivity contribution in [3.8, 4) is 0 Å². The molecule has 0 aromatic rings. The van der Waals surface area contributed by atoms with Crippen LogP contribution in [0.1, 0.15) is 26.2 Å². The maximum atomic E-state index is 11.2. The Balaban J connectivity index is 1.73. The SMILES string of the molecule is COC(=O)C(C)NC1CCN(C2CC2)C1. The van der Waals surface area contributed by atoms with Gasteiger partial charge >= 0.3 is 5.97 Å². The molecular weight excluding hydrogens is 192 g/mol. The van der Waals surface area contributed by atoms with E-state index in [1.807, 2.05) is 6.92 Å². The molecule has 1 heterocycles. The molecule has 0 spiro atoms. The first-order valence-corrected chi connectivity index (χ1v) is 5.78. The summed E-state index contributed by atoms with van der Waals surface area (Å²) in [5, 5.41) is 3.33. The average molecular weight is 212 g/mol. The zero-order valence-electron chi connectivity index (χ0n) is 9.53. The van der Waals surface area contributed by atoms with Crippen molar-refractivity contribution >= 4 is 5.97 Å². The topological polar surface area (TPSA) is 41.6 Å². The molecule has 0 aromatic carbocycles. The zero-order chi connectivity index (χ0) is 10.8. The summed E-state index contributed by atoms with van der Waals surface area (Å²) in [5.41, 5.74) is 0. The summed E-state index contributed by atoms with van der Waals surface area (Å²) in [5.74, 6) is -0.167. The van der Waals surface area contributed by atoms with Crippen LogP contribution in [-0.2, 0) is 9.53 Å². The number of nitrogens with zero attached hydrogens (tertiary/aromatic N) is 1. The van der Waals surface area contributed by atoms with Crippen molar-refractivity contribution in [3.05, 3.63) is 0 Å². The third-order valence-electron chi connectivity index (χ3n) is 3.32. The third kappa shape index (κ3) is 2.69. The van der Waals surface area contributed by atoms with E-state index in [0.717, 1.165) is 19.0 Å². The van der Waals surface area contributed by atoms with Crippen molar-refractivity contribution in [2.45, 2.75) is 44.3 Å². The second kappa shape index (κ2) is 4.49. The Morgan fingerprint density at radius 3 is 2.80 bits per heavy atom. The van der Waals surface area contributed by atoms with Gasteiger partial charge < -0.3 is 10.1 Å². The zero-order valence-corrected chi connectivity index (χ0v) is 9.53. The lowest BCUT2D eigenvalue weighted by Crippen LogP contribution is -2.43. The van der Waals surface area contributed by atoms with Crippen LogP contribution in [0.2, 0.25) is 0 Å². The third-order valence-corrected chi connectivity index (χ3v) is 3.32. The molecule has 1 saturated heterocycles. The standard InChI is InChI=1S/C11H20N2O2/c1-8(11(14)15-2)12-9-5-6-13(7-9)10-3-4-10/h8-10,12H,3-7H2,1-2H3. The van der Waals surface area contributed by atoms with Crippen molar-refractivity contribution in [2.75, 3.05) is 20.2 Å². The second-order valence-electron chi connectivity index (χ2n) is 4.62. The second-order valence-corrected chi connectivity index (χ2v) is 4.62. The van der Waals surface area contributed by atoms with Gasteiger partial charge in [-0.05, 0) is 26.2 Å². The number of hydrogen-bond acceptors (Lipinski definition) is 4. The average Bonchev–Trinajstić information content (AvgIpc) is 2.99. The van der Waals surface area contributed by atoms with E-state index in [1.165, 1.54) is 26.5 Å². The molecule has 0 radical (unpaired) electrons. The number of rotatable bonds is 4. The summed E-state index contributed by atoms with van der Waals surface area (Å²) in [6, 6.07) is 1.11. The number of carbonyl (C=O) groups excluding carboxylic acids is 1. The van der Waals surface area contributed by atoms with Crippen molar-refractivity contribution < 1.29 is 9.53 Å². The summed E-state index contributed by atoms with van der Waals surface area (Å²) >= 11 is 0. The molecule has 2 atom stereocenters. The first kappa shape index (κ1) is 10.9. The van der Waals surface area contributed by atoms with Gasteiger partial charge in [-0.2, -0.15) is 0 Å². The van der Waals surface area contributed by atoms with Gasteiger partial charge in [0, 0.05) is 25.2 Å². The summed E-state index contributed by atoms with van der Waals surface area (Å²) in [4.78, 5) is 13.8. The van der Waals surface area contributed by atoms with Gasteiger partial charge in [0.25, 0.3) is 0 Å². The molecule has 2 aliphatic rings. The van der Waals surface area contributed by atoms with Crippen LogP contribution in [0.5, 0.6) is 0 Å². The molecule has 4 nitrogen and oxygen atoms in total. The Kier molecular flexibility index (Phi) is 3.26. The first-order valence-electron chi connectivity index (χ1n) is 5.78. The fourth-order valence-electron chi connectivity index (χ4n) is 2.29. The highest BCUT2D eigenvalue weighted by atomic mass is 16.5. The largest absolute Gasteiger partial charge is 0.468 e. The number of methoxy groups -OCH3 is 1. The molecule has 1 saturated carbocycles. The lowest BCUT2D eigenvalue weighted by atomic mass is 10.2. The van der Waals surface area contributed by atoms with E-state index in [4.69, 9.17) is 4.74 Å². The summed E-state index contributed by atoms with van der Waals surface area (Å²) in [6.07, 6.45) is 3.87. The van der Waals surface area contributed by atoms with E-state index in [9.17, 15) is 4.79 Å². The van der Waals surface area contributed by atoms with Crippen LogP contribution in [-0.4, -0.2) is 49.2 Å². The predicted octanol–water partition coefficient (Wildman–Crippen LogP) is 0.374. The quantitative estimate of drug-likeness (QED) is 0.684. The fourth-order valence-corrected chi connectivity index (χ4v) is 2.29. The summed E-state index contributed by atoms with van der Waals surface area (Å²) in [6.45, 7) is 4.13. The number of esters is 1. The normalized spacial score (nSPS) is 29.1. The molecule has 2 unspecified atom stereocenters. The van der Waals surface area contributed by atoms with Crippen LogP contribution >= 0.6 is 0 Å². The van der Waals surface area contributed by atoms with E-state index in [1.54, 1.807) is 0 Å². The molecule has 0 bridgehead atoms. The Bertz CT molecular complexity index is 241. The molecule has 0 aromatic heterocycles. The van der Waals surface area contributed by atoms with Gasteiger partial charge in [0.15, 0.2) is 0 Å². The number of carbonyl (C=O) groups is 1. The van der Waals surface area contributed by atoms with Gasteiger partial charge in [-0.15, -0.1) is 0 Å². The van der Waals surface area contributed by atoms with Crippen molar-refractivity contribution in [1.29, 1.82) is 0 Å². The smallest absolute Gasteiger partial charge is 0.322 e. The van der Waals surface area contributed by atoms with E-state index in [2.05, 4.69) is 10.2 Å². The van der Waals surface area contributed by atoms with Gasteiger partial charge in [0.2, 0.25) is 0 Å². The molecule has 0 amide bonds. The molecule has 2 fully saturated rings. The number of hydrogen-bond donors (Lipinski definition) is 1. The Morgan fingerprint density at radius 1 is 1.47 bits per heavy atom. The maximum Gasteiger partial charge on any atom is 0.322 e. The van der Waals surface area contributed by atoms with Crippen LogP contribution in [0, 0.1) is 0 Å². The monoisotopic (exact) mass is 212 g/mol. The van der Waals surface area contributed by atoms with Crippen LogP contribution < -0.4 is 5.32 Å². The Hall–Kier alpha value is -0.610. The molecule has 1 N–H and O–H groups in total. The molecule has 1 aliphatic carbocycles. The van der Waals surface area contributed by atoms with Gasteiger partial charge in [0.05, 0.1) is 7.11 Å². The maximum absolute atomic E-state index is 11.2. The van der Waals surface area contributed by atoms with Gasteiger partial charge in [-0.25, -0.2) is 0 Å². The highest BCUT2D eigenvalue weighted by Gasteiger charge is 2.35. The van der Waals surface area contributed by atoms with Crippen LogP contribution in [0.3, 0.4) is 0 Å². The number of likely N-dealkylation sites (tertiary alicyclic amines) is 1. The lowest BCUT2D eigenvalue weighted by molar-refractivity contribution is -0.142. The van der Waals surface area contributed by atoms with E-state index in [0.29, 0.717) is 6.04 Å². The minimum Gasteiger partial charge on any atom is -0.468 e. The molecule has 1 aliphatic heterocycles. The van der Waals surface area contributed by atoms with Crippen LogP contribution in [0.4, 0.5) is 0 Å². The first-order chi connectivity index (χ1) is 7.20. The van der Waals surface area contributed by atoms with Crippen LogP contribution in [0.15, 0.2) is 0 Å². The highest BCUT2D eigenvalue weighted by molar-refractivity contribution is 5.75. The van der Waals surface area contributed by atoms with E-state index in [-0.39, 0.29) is 12.0 Å². The van der Waals surface area contributed by atoms with Crippen molar-refractivity contribution in [2.24, 2.45) is 0 Å². The molecular formula is C11H20N2O2. The fraction of sp³-hybridized carbons (Fsp3) is 0.909. The Labute approximate surface area is 91.0 Å². The minimum absolute atomic E-state index is 0.167. The van der Waals surface area contributed by atoms with Crippen LogP contribution in [0.25, 0.3) is 0 Å². The predicted molar refractivity (Wildman–Crippen MR) is 57.6 cm³/mol. The lowest BCUT2D eigenvalue weighted by Gasteiger charge is -2.18. The van der Waals surface area contributed by atoms with Gasteiger partial charge in [0.1, 0.15) is 6.04 Å².